The topological polar surface area (TPSA) is 85.4 Å². The third-order valence-electron chi connectivity index (χ3n) is 4.36. The van der Waals surface area contributed by atoms with Gasteiger partial charge in [0, 0.05) is 24.8 Å². The lowest BCUT2D eigenvalue weighted by Crippen LogP contribution is -2.02. The second kappa shape index (κ2) is 7.51. The molecular formula is C20H19N5O2. The van der Waals surface area contributed by atoms with Crippen molar-refractivity contribution in [2.45, 2.75) is 12.8 Å². The number of nitrogens with zero attached hydrogens (tertiary/aromatic N) is 5. The van der Waals surface area contributed by atoms with Gasteiger partial charge in [-0.3, -0.25) is 4.98 Å². The number of fused-ring (bicyclic) bond motifs is 1. The highest BCUT2D eigenvalue weighted by atomic mass is 16.5. The highest BCUT2D eigenvalue weighted by Gasteiger charge is 2.12. The van der Waals surface area contributed by atoms with Crippen LogP contribution in [0, 0.1) is 0 Å². The molecule has 0 unspecified atom stereocenters. The average Bonchev–Trinajstić information content (AvgIpc) is 3.10. The highest BCUT2D eigenvalue weighted by molar-refractivity contribution is 5.66. The van der Waals surface area contributed by atoms with Gasteiger partial charge in [-0.15, -0.1) is 10.2 Å². The molecule has 7 heteroatoms. The van der Waals surface area contributed by atoms with Crippen LogP contribution < -0.4 is 4.74 Å². The summed E-state index contributed by atoms with van der Waals surface area (Å²) < 4.78 is 7.15. The minimum atomic E-state index is 0.135. The van der Waals surface area contributed by atoms with Crippen LogP contribution in [0.4, 0.5) is 0 Å². The van der Waals surface area contributed by atoms with Gasteiger partial charge in [0.15, 0.2) is 11.5 Å². The first kappa shape index (κ1) is 17.1. The Morgan fingerprint density at radius 2 is 1.96 bits per heavy atom. The van der Waals surface area contributed by atoms with Crippen LogP contribution in [0.25, 0.3) is 16.9 Å². The maximum Gasteiger partial charge on any atom is 0.177 e. The van der Waals surface area contributed by atoms with Gasteiger partial charge in [0.2, 0.25) is 0 Å². The number of rotatable bonds is 6. The number of ether oxygens (including phenoxy) is 1. The van der Waals surface area contributed by atoms with Crippen LogP contribution in [-0.4, -0.2) is 43.6 Å². The third kappa shape index (κ3) is 3.50. The maximum absolute atomic E-state index is 9.14. The number of aliphatic hydroxyl groups is 1. The van der Waals surface area contributed by atoms with Crippen LogP contribution in [0.5, 0.6) is 5.75 Å². The van der Waals surface area contributed by atoms with Crippen molar-refractivity contribution in [1.82, 2.24) is 24.8 Å². The molecule has 0 saturated carbocycles. The van der Waals surface area contributed by atoms with Crippen LogP contribution in [0.1, 0.15) is 17.0 Å². The molecule has 0 aliphatic heterocycles. The zero-order valence-electron chi connectivity index (χ0n) is 14.9. The van der Waals surface area contributed by atoms with E-state index in [1.165, 1.54) is 0 Å². The molecule has 0 atom stereocenters. The number of benzene rings is 1. The molecule has 4 rings (SSSR count). The lowest BCUT2D eigenvalue weighted by Gasteiger charge is -2.08. The fraction of sp³-hybridized carbons (Fsp3) is 0.200. The first-order chi connectivity index (χ1) is 13.3. The Bertz CT molecular complexity index is 1080. The molecule has 0 radical (unpaired) electrons. The summed E-state index contributed by atoms with van der Waals surface area (Å²) in [6.07, 6.45) is 4.62. The van der Waals surface area contributed by atoms with Crippen molar-refractivity contribution < 1.29 is 9.84 Å². The van der Waals surface area contributed by atoms with E-state index in [9.17, 15) is 0 Å². The molecule has 136 valence electrons. The van der Waals surface area contributed by atoms with E-state index >= 15 is 0 Å². The van der Waals surface area contributed by atoms with E-state index in [0.29, 0.717) is 24.2 Å². The van der Waals surface area contributed by atoms with Crippen molar-refractivity contribution in [1.29, 1.82) is 0 Å². The smallest absolute Gasteiger partial charge is 0.177 e. The SMILES string of the molecule is COc1cnccc1-c1ccc2nnc(Cc3cccc(CCO)c3)n2n1. The maximum atomic E-state index is 9.14. The normalized spacial score (nSPS) is 11.0. The van der Waals surface area contributed by atoms with Gasteiger partial charge in [-0.2, -0.15) is 9.61 Å². The van der Waals surface area contributed by atoms with E-state index in [2.05, 4.69) is 21.2 Å². The van der Waals surface area contributed by atoms with Crippen molar-refractivity contribution in [2.75, 3.05) is 13.7 Å². The molecule has 0 spiro atoms. The molecule has 0 aliphatic rings. The molecule has 0 fully saturated rings. The van der Waals surface area contributed by atoms with Crippen molar-refractivity contribution in [3.8, 4) is 17.0 Å². The minimum Gasteiger partial charge on any atom is -0.494 e. The van der Waals surface area contributed by atoms with E-state index in [4.69, 9.17) is 14.9 Å². The predicted octanol–water partition coefficient (Wildman–Crippen LogP) is 2.32. The number of methoxy groups -OCH3 is 1. The molecular weight excluding hydrogens is 342 g/mol. The van der Waals surface area contributed by atoms with Crippen LogP contribution in [-0.2, 0) is 12.8 Å². The summed E-state index contributed by atoms with van der Waals surface area (Å²) in [7, 11) is 1.61. The number of hydrogen-bond donors (Lipinski definition) is 1. The van der Waals surface area contributed by atoms with Crippen molar-refractivity contribution in [3.05, 3.63) is 71.8 Å². The molecule has 1 N–H and O–H groups in total. The Labute approximate surface area is 156 Å². The molecule has 3 aromatic heterocycles. The monoisotopic (exact) mass is 361 g/mol. The van der Waals surface area contributed by atoms with Crippen LogP contribution in [0.2, 0.25) is 0 Å². The Kier molecular flexibility index (Phi) is 4.76. The Hall–Kier alpha value is -3.32. The number of aliphatic hydroxyl groups excluding tert-OH is 1. The Morgan fingerprint density at radius 3 is 2.81 bits per heavy atom. The first-order valence-corrected chi connectivity index (χ1v) is 8.67. The molecule has 0 amide bonds. The quantitative estimate of drug-likeness (QED) is 0.567. The van der Waals surface area contributed by atoms with E-state index in [-0.39, 0.29) is 6.61 Å². The van der Waals surface area contributed by atoms with Gasteiger partial charge in [0.25, 0.3) is 0 Å². The summed E-state index contributed by atoms with van der Waals surface area (Å²) in [5.74, 6) is 1.41. The van der Waals surface area contributed by atoms with E-state index in [1.54, 1.807) is 24.0 Å². The highest BCUT2D eigenvalue weighted by Crippen LogP contribution is 2.27. The fourth-order valence-electron chi connectivity index (χ4n) is 3.05. The van der Waals surface area contributed by atoms with E-state index in [1.807, 2.05) is 36.4 Å². The largest absolute Gasteiger partial charge is 0.494 e. The van der Waals surface area contributed by atoms with Gasteiger partial charge >= 0.3 is 0 Å². The third-order valence-corrected chi connectivity index (χ3v) is 4.36. The van der Waals surface area contributed by atoms with Gasteiger partial charge in [0.1, 0.15) is 5.75 Å². The molecule has 27 heavy (non-hydrogen) atoms. The molecule has 1 aromatic carbocycles. The minimum absolute atomic E-state index is 0.135. The molecule has 0 saturated heterocycles. The van der Waals surface area contributed by atoms with E-state index in [0.717, 1.165) is 28.2 Å². The standard InChI is InChI=1S/C20H19N5O2/c1-27-18-13-21-9-7-16(18)17-5-6-19-22-23-20(25(19)24-17)12-15-4-2-3-14(11-15)8-10-26/h2-7,9,11,13,26H,8,10,12H2,1H3. The second-order valence-corrected chi connectivity index (χ2v) is 6.15. The molecule has 0 aliphatic carbocycles. The van der Waals surface area contributed by atoms with Gasteiger partial charge < -0.3 is 9.84 Å². The van der Waals surface area contributed by atoms with Gasteiger partial charge in [0.05, 0.1) is 19.0 Å². The van der Waals surface area contributed by atoms with Crippen LogP contribution in [0.15, 0.2) is 54.9 Å². The second-order valence-electron chi connectivity index (χ2n) is 6.15. The predicted molar refractivity (Wildman–Crippen MR) is 101 cm³/mol. The summed E-state index contributed by atoms with van der Waals surface area (Å²) in [5, 5.41) is 22.4. The molecule has 0 bridgehead atoms. The number of aromatic nitrogens is 5. The van der Waals surface area contributed by atoms with Crippen molar-refractivity contribution >= 4 is 5.65 Å². The fourth-order valence-corrected chi connectivity index (χ4v) is 3.05. The molecule has 7 nitrogen and oxygen atoms in total. The van der Waals surface area contributed by atoms with E-state index < -0.39 is 0 Å². The van der Waals surface area contributed by atoms with Crippen molar-refractivity contribution in [2.24, 2.45) is 0 Å². The summed E-state index contributed by atoms with van der Waals surface area (Å²) >= 11 is 0. The summed E-state index contributed by atoms with van der Waals surface area (Å²) in [4.78, 5) is 4.09. The number of hydrogen-bond acceptors (Lipinski definition) is 6. The first-order valence-electron chi connectivity index (χ1n) is 8.67. The van der Waals surface area contributed by atoms with Gasteiger partial charge in [-0.25, -0.2) is 0 Å². The molecule has 3 heterocycles. The van der Waals surface area contributed by atoms with Crippen LogP contribution in [0.3, 0.4) is 0 Å². The Balaban J connectivity index is 1.71. The lowest BCUT2D eigenvalue weighted by molar-refractivity contribution is 0.299. The Morgan fingerprint density at radius 1 is 1.07 bits per heavy atom. The van der Waals surface area contributed by atoms with Crippen LogP contribution >= 0.6 is 0 Å². The van der Waals surface area contributed by atoms with Gasteiger partial charge in [-0.05, 0) is 35.7 Å². The zero-order valence-corrected chi connectivity index (χ0v) is 14.9. The lowest BCUT2D eigenvalue weighted by atomic mass is 10.1. The van der Waals surface area contributed by atoms with Gasteiger partial charge in [-0.1, -0.05) is 24.3 Å². The summed E-state index contributed by atoms with van der Waals surface area (Å²) in [6, 6.07) is 13.8. The summed E-state index contributed by atoms with van der Waals surface area (Å²) in [5.41, 5.74) is 4.51. The zero-order chi connectivity index (χ0) is 18.6. The summed E-state index contributed by atoms with van der Waals surface area (Å²) in [6.45, 7) is 0.135. The van der Waals surface area contributed by atoms with Crippen molar-refractivity contribution in [3.63, 3.8) is 0 Å². The number of pyridine rings is 1. The molecule has 4 aromatic rings. The average molecular weight is 361 g/mol.